The summed E-state index contributed by atoms with van der Waals surface area (Å²) >= 11 is 11.3. The van der Waals surface area contributed by atoms with Crippen molar-refractivity contribution in [1.29, 1.82) is 0 Å². The summed E-state index contributed by atoms with van der Waals surface area (Å²) in [5.41, 5.74) is 1.45. The summed E-state index contributed by atoms with van der Waals surface area (Å²) in [7, 11) is 0. The number of hydrogen-bond acceptors (Lipinski definition) is 3. The maximum absolute atomic E-state index is 11.0. The second-order valence-corrected chi connectivity index (χ2v) is 5.27. The normalized spacial score (nSPS) is 12.8. The molecule has 0 saturated heterocycles. The van der Waals surface area contributed by atoms with E-state index in [1.54, 1.807) is 31.2 Å². The third-order valence-corrected chi connectivity index (χ3v) is 3.58. The van der Waals surface area contributed by atoms with Gasteiger partial charge in [-0.05, 0) is 48.9 Å². The number of hydrogen-bond donors (Lipinski definition) is 0. The zero-order valence-corrected chi connectivity index (χ0v) is 12.0. The summed E-state index contributed by atoms with van der Waals surface area (Å²) in [5.74, 6) is 0.566. The van der Waals surface area contributed by atoms with Gasteiger partial charge in [0, 0.05) is 21.9 Å². The van der Waals surface area contributed by atoms with Crippen LogP contribution in [0, 0.1) is 0 Å². The van der Waals surface area contributed by atoms with Gasteiger partial charge in [0.05, 0.1) is 0 Å². The van der Waals surface area contributed by atoms with Gasteiger partial charge in [-0.1, -0.05) is 11.6 Å². The molecule has 0 bridgehead atoms. The summed E-state index contributed by atoms with van der Waals surface area (Å²) in [4.78, 5) is 11.0. The molecule has 0 aliphatic carbocycles. The summed E-state index contributed by atoms with van der Waals surface area (Å²) in [6.07, 6.45) is -0.693. The van der Waals surface area contributed by atoms with E-state index in [1.807, 2.05) is 12.1 Å². The topological polar surface area (TPSA) is 39.4 Å². The fourth-order valence-corrected chi connectivity index (χ4v) is 2.26. The predicted molar refractivity (Wildman–Crippen MR) is 79.7 cm³/mol. The lowest BCUT2D eigenvalue weighted by atomic mass is 10.1. The molecule has 102 valence electrons. The number of carbonyl (C=O) groups is 1. The Morgan fingerprint density at radius 3 is 2.70 bits per heavy atom. The largest absolute Gasteiger partial charge is 0.482 e. The summed E-state index contributed by atoms with van der Waals surface area (Å²) < 4.78 is 11.2. The Morgan fingerprint density at radius 1 is 1.15 bits per heavy atom. The van der Waals surface area contributed by atoms with Crippen LogP contribution in [0.3, 0.4) is 0 Å². The first kappa shape index (κ1) is 13.3. The standard InChI is InChI=1S/C15H10Cl2O3/c1-8(15(17)18)19-10-3-5-13-12(7-10)11-4-2-9(16)6-14(11)20-13/h2-8H,1H3. The lowest BCUT2D eigenvalue weighted by molar-refractivity contribution is -0.117. The first-order valence-electron chi connectivity index (χ1n) is 6.02. The maximum Gasteiger partial charge on any atom is 0.262 e. The van der Waals surface area contributed by atoms with E-state index in [1.165, 1.54) is 0 Å². The minimum absolute atomic E-state index is 0.533. The van der Waals surface area contributed by atoms with Crippen LogP contribution in [0.5, 0.6) is 5.75 Å². The van der Waals surface area contributed by atoms with Crippen LogP contribution in [-0.4, -0.2) is 11.3 Å². The molecule has 1 unspecified atom stereocenters. The van der Waals surface area contributed by atoms with E-state index in [2.05, 4.69) is 0 Å². The van der Waals surface area contributed by atoms with Gasteiger partial charge < -0.3 is 9.15 Å². The van der Waals surface area contributed by atoms with Gasteiger partial charge in [0.25, 0.3) is 5.24 Å². The quantitative estimate of drug-likeness (QED) is 0.654. The Morgan fingerprint density at radius 2 is 1.95 bits per heavy atom. The highest BCUT2D eigenvalue weighted by Crippen LogP contribution is 2.33. The van der Waals surface area contributed by atoms with Gasteiger partial charge in [0.15, 0.2) is 6.10 Å². The zero-order valence-electron chi connectivity index (χ0n) is 10.5. The van der Waals surface area contributed by atoms with Gasteiger partial charge in [-0.3, -0.25) is 4.79 Å². The Kier molecular flexibility index (Phi) is 3.32. The molecule has 1 atom stereocenters. The first-order chi connectivity index (χ1) is 9.54. The zero-order chi connectivity index (χ0) is 14.3. The van der Waals surface area contributed by atoms with Crippen LogP contribution in [0.2, 0.25) is 5.02 Å². The highest BCUT2D eigenvalue weighted by atomic mass is 35.5. The number of carbonyl (C=O) groups excluding carboxylic acids is 1. The predicted octanol–water partition coefficient (Wildman–Crippen LogP) is 4.77. The molecule has 0 aliphatic heterocycles. The Labute approximate surface area is 125 Å². The maximum atomic E-state index is 11.0. The molecule has 1 heterocycles. The SMILES string of the molecule is CC(Oc1ccc2oc3cc(Cl)ccc3c2c1)C(=O)Cl. The van der Waals surface area contributed by atoms with Crippen LogP contribution in [0.1, 0.15) is 6.92 Å². The lowest BCUT2D eigenvalue weighted by Gasteiger charge is -2.09. The van der Waals surface area contributed by atoms with E-state index in [0.29, 0.717) is 16.4 Å². The van der Waals surface area contributed by atoms with Crippen LogP contribution in [0.4, 0.5) is 0 Å². The highest BCUT2D eigenvalue weighted by Gasteiger charge is 2.13. The molecule has 0 N–H and O–H groups in total. The minimum atomic E-state index is -0.693. The molecular weight excluding hydrogens is 299 g/mol. The number of ether oxygens (including phenoxy) is 1. The van der Waals surface area contributed by atoms with Gasteiger partial charge in [-0.25, -0.2) is 0 Å². The van der Waals surface area contributed by atoms with E-state index < -0.39 is 11.3 Å². The van der Waals surface area contributed by atoms with Crippen LogP contribution in [-0.2, 0) is 4.79 Å². The molecule has 0 aliphatic rings. The smallest absolute Gasteiger partial charge is 0.262 e. The van der Waals surface area contributed by atoms with Crippen molar-refractivity contribution in [3.05, 3.63) is 41.4 Å². The molecule has 0 spiro atoms. The van der Waals surface area contributed by atoms with E-state index >= 15 is 0 Å². The number of halogens is 2. The van der Waals surface area contributed by atoms with Crippen LogP contribution >= 0.6 is 23.2 Å². The van der Waals surface area contributed by atoms with Crippen molar-refractivity contribution in [1.82, 2.24) is 0 Å². The van der Waals surface area contributed by atoms with Crippen molar-refractivity contribution in [2.45, 2.75) is 13.0 Å². The molecule has 20 heavy (non-hydrogen) atoms. The average molecular weight is 309 g/mol. The van der Waals surface area contributed by atoms with E-state index in [9.17, 15) is 4.79 Å². The van der Waals surface area contributed by atoms with E-state index in [0.717, 1.165) is 16.4 Å². The molecule has 1 aromatic heterocycles. The van der Waals surface area contributed by atoms with Crippen molar-refractivity contribution >= 4 is 50.4 Å². The van der Waals surface area contributed by atoms with Gasteiger partial charge >= 0.3 is 0 Å². The van der Waals surface area contributed by atoms with Crippen molar-refractivity contribution in [3.63, 3.8) is 0 Å². The summed E-state index contributed by atoms with van der Waals surface area (Å²) in [6.45, 7) is 1.60. The monoisotopic (exact) mass is 308 g/mol. The number of furan rings is 1. The summed E-state index contributed by atoms with van der Waals surface area (Å²) in [5, 5.41) is 1.94. The number of fused-ring (bicyclic) bond motifs is 3. The molecule has 2 aromatic carbocycles. The molecule has 3 nitrogen and oxygen atoms in total. The lowest BCUT2D eigenvalue weighted by Crippen LogP contribution is -2.18. The van der Waals surface area contributed by atoms with Crippen molar-refractivity contribution in [2.75, 3.05) is 0 Å². The highest BCUT2D eigenvalue weighted by molar-refractivity contribution is 6.64. The van der Waals surface area contributed by atoms with Crippen molar-refractivity contribution in [2.24, 2.45) is 0 Å². The van der Waals surface area contributed by atoms with E-state index in [4.69, 9.17) is 32.4 Å². The van der Waals surface area contributed by atoms with Gasteiger partial charge in [-0.15, -0.1) is 0 Å². The van der Waals surface area contributed by atoms with Gasteiger partial charge in [0.1, 0.15) is 16.9 Å². The number of rotatable bonds is 3. The molecular formula is C15H10Cl2O3. The van der Waals surface area contributed by atoms with Crippen LogP contribution in [0.25, 0.3) is 21.9 Å². The molecule has 3 aromatic rings. The second kappa shape index (κ2) is 5.00. The van der Waals surface area contributed by atoms with Crippen molar-refractivity contribution < 1.29 is 13.9 Å². The molecule has 0 fully saturated rings. The Balaban J connectivity index is 2.10. The van der Waals surface area contributed by atoms with Crippen molar-refractivity contribution in [3.8, 4) is 5.75 Å². The second-order valence-electron chi connectivity index (χ2n) is 4.46. The summed E-state index contributed by atoms with van der Waals surface area (Å²) in [6, 6.07) is 10.8. The van der Waals surface area contributed by atoms with Crippen LogP contribution < -0.4 is 4.74 Å². The fourth-order valence-electron chi connectivity index (χ4n) is 2.05. The fraction of sp³-hybridized carbons (Fsp3) is 0.133. The average Bonchev–Trinajstić information content (AvgIpc) is 2.75. The number of benzene rings is 2. The van der Waals surface area contributed by atoms with Crippen LogP contribution in [0.15, 0.2) is 40.8 Å². The van der Waals surface area contributed by atoms with Gasteiger partial charge in [0.2, 0.25) is 0 Å². The Bertz CT molecular complexity index is 807. The Hall–Kier alpha value is -1.71. The third-order valence-electron chi connectivity index (χ3n) is 3.04. The van der Waals surface area contributed by atoms with Gasteiger partial charge in [-0.2, -0.15) is 0 Å². The first-order valence-corrected chi connectivity index (χ1v) is 6.78. The molecule has 0 saturated carbocycles. The molecule has 0 amide bonds. The molecule has 5 heteroatoms. The molecule has 3 rings (SSSR count). The third kappa shape index (κ3) is 2.35. The van der Waals surface area contributed by atoms with E-state index in [-0.39, 0.29) is 0 Å². The minimum Gasteiger partial charge on any atom is -0.482 e. The molecule has 0 radical (unpaired) electrons.